The van der Waals surface area contributed by atoms with E-state index in [-0.39, 0.29) is 0 Å². The van der Waals surface area contributed by atoms with Gasteiger partial charge in [-0.05, 0) is 48.1 Å². The molecule has 2 nitrogen and oxygen atoms in total. The van der Waals surface area contributed by atoms with Crippen molar-refractivity contribution in [2.45, 2.75) is 26.2 Å². The van der Waals surface area contributed by atoms with Gasteiger partial charge in [0, 0.05) is 6.20 Å². The first-order chi connectivity index (χ1) is 8.28. The molecule has 0 aliphatic heterocycles. The van der Waals surface area contributed by atoms with Gasteiger partial charge < -0.3 is 5.73 Å². The lowest BCUT2D eigenvalue weighted by atomic mass is 10.0. The summed E-state index contributed by atoms with van der Waals surface area (Å²) in [6.45, 7) is 2.18. The third kappa shape index (κ3) is 3.31. The highest BCUT2D eigenvalue weighted by molar-refractivity contribution is 5.32. The average Bonchev–Trinajstić information content (AvgIpc) is 2.37. The van der Waals surface area contributed by atoms with Crippen molar-refractivity contribution in [1.29, 1.82) is 0 Å². The van der Waals surface area contributed by atoms with Crippen molar-refractivity contribution in [3.05, 3.63) is 59.3 Å². The monoisotopic (exact) mass is 226 g/mol. The lowest BCUT2D eigenvalue weighted by Crippen LogP contribution is -1.95. The van der Waals surface area contributed by atoms with Crippen molar-refractivity contribution in [1.82, 2.24) is 4.98 Å². The van der Waals surface area contributed by atoms with Crippen LogP contribution in [-0.4, -0.2) is 4.98 Å². The summed E-state index contributed by atoms with van der Waals surface area (Å²) in [7, 11) is 0. The van der Waals surface area contributed by atoms with Gasteiger partial charge in [0.05, 0.1) is 0 Å². The number of benzene rings is 1. The smallest absolute Gasteiger partial charge is 0.123 e. The molecule has 0 radical (unpaired) electrons. The molecule has 0 fully saturated rings. The minimum Gasteiger partial charge on any atom is -0.384 e. The highest BCUT2D eigenvalue weighted by atomic mass is 14.8. The number of hydrogen-bond acceptors (Lipinski definition) is 2. The maximum Gasteiger partial charge on any atom is 0.123 e. The van der Waals surface area contributed by atoms with Gasteiger partial charge in [0.25, 0.3) is 0 Å². The molecule has 1 aromatic heterocycles. The topological polar surface area (TPSA) is 38.9 Å². The highest BCUT2D eigenvalue weighted by Gasteiger charge is 1.97. The molecule has 0 aliphatic rings. The molecule has 0 unspecified atom stereocenters. The minimum absolute atomic E-state index is 0.601. The first-order valence-electron chi connectivity index (χ1n) is 6.06. The number of hydrogen-bond donors (Lipinski definition) is 1. The lowest BCUT2D eigenvalue weighted by Gasteiger charge is -2.04. The maximum absolute atomic E-state index is 5.65. The van der Waals surface area contributed by atoms with Crippen LogP contribution in [0.4, 0.5) is 5.82 Å². The van der Waals surface area contributed by atoms with Crippen LogP contribution in [-0.2, 0) is 19.3 Å². The average molecular weight is 226 g/mol. The Kier molecular flexibility index (Phi) is 3.76. The van der Waals surface area contributed by atoms with E-state index in [1.165, 1.54) is 16.7 Å². The van der Waals surface area contributed by atoms with Crippen LogP contribution >= 0.6 is 0 Å². The third-order valence-electron chi connectivity index (χ3n) is 2.98. The summed E-state index contributed by atoms with van der Waals surface area (Å²) in [5.41, 5.74) is 9.67. The zero-order valence-electron chi connectivity index (χ0n) is 10.2. The van der Waals surface area contributed by atoms with Gasteiger partial charge in [0.2, 0.25) is 0 Å². The Morgan fingerprint density at radius 3 is 2.24 bits per heavy atom. The number of anilines is 1. The van der Waals surface area contributed by atoms with E-state index in [1.54, 1.807) is 6.20 Å². The molecule has 0 bridgehead atoms. The minimum atomic E-state index is 0.601. The van der Waals surface area contributed by atoms with Crippen LogP contribution < -0.4 is 5.73 Å². The summed E-state index contributed by atoms with van der Waals surface area (Å²) in [5, 5.41) is 0. The molecule has 2 rings (SSSR count). The number of rotatable bonds is 4. The van der Waals surface area contributed by atoms with Crippen LogP contribution in [0.2, 0.25) is 0 Å². The van der Waals surface area contributed by atoms with Crippen molar-refractivity contribution >= 4 is 5.82 Å². The van der Waals surface area contributed by atoms with Gasteiger partial charge in [-0.3, -0.25) is 0 Å². The van der Waals surface area contributed by atoms with Gasteiger partial charge in [-0.1, -0.05) is 31.2 Å². The molecular formula is C15H18N2. The Balaban J connectivity index is 1.97. The predicted octanol–water partition coefficient (Wildman–Crippen LogP) is 3.01. The fraction of sp³-hybridized carbons (Fsp3) is 0.267. The Morgan fingerprint density at radius 2 is 1.59 bits per heavy atom. The first kappa shape index (κ1) is 11.6. The fourth-order valence-electron chi connectivity index (χ4n) is 1.88. The summed E-state index contributed by atoms with van der Waals surface area (Å²) < 4.78 is 0. The van der Waals surface area contributed by atoms with Crippen molar-refractivity contribution < 1.29 is 0 Å². The predicted molar refractivity (Wildman–Crippen MR) is 71.9 cm³/mol. The molecular weight excluding hydrogens is 208 g/mol. The second-order valence-corrected chi connectivity index (χ2v) is 4.26. The Morgan fingerprint density at radius 1 is 0.941 bits per heavy atom. The molecule has 88 valence electrons. The number of nitrogens with zero attached hydrogens (tertiary/aromatic N) is 1. The standard InChI is InChI=1S/C15H18N2/c1-2-12-3-5-13(6-4-12)7-8-14-9-10-17-15(16)11-14/h3-6,9-11H,2,7-8H2,1H3,(H2,16,17). The number of nitrogen functional groups attached to an aromatic ring is 1. The first-order valence-corrected chi connectivity index (χ1v) is 6.06. The fourth-order valence-corrected chi connectivity index (χ4v) is 1.88. The maximum atomic E-state index is 5.65. The van der Waals surface area contributed by atoms with E-state index in [9.17, 15) is 0 Å². The molecule has 0 spiro atoms. The van der Waals surface area contributed by atoms with Gasteiger partial charge in [-0.15, -0.1) is 0 Å². The van der Waals surface area contributed by atoms with E-state index >= 15 is 0 Å². The summed E-state index contributed by atoms with van der Waals surface area (Å²) in [4.78, 5) is 4.00. The van der Waals surface area contributed by atoms with E-state index in [0.29, 0.717) is 5.82 Å². The lowest BCUT2D eigenvalue weighted by molar-refractivity contribution is 0.953. The van der Waals surface area contributed by atoms with Crippen molar-refractivity contribution in [2.75, 3.05) is 5.73 Å². The number of pyridine rings is 1. The van der Waals surface area contributed by atoms with Crippen LogP contribution in [0.15, 0.2) is 42.6 Å². The summed E-state index contributed by atoms with van der Waals surface area (Å²) in [5.74, 6) is 0.601. The van der Waals surface area contributed by atoms with E-state index in [4.69, 9.17) is 5.73 Å². The molecule has 1 heterocycles. The second kappa shape index (κ2) is 5.48. The van der Waals surface area contributed by atoms with Crippen LogP contribution in [0, 0.1) is 0 Å². The number of nitrogens with two attached hydrogens (primary N) is 1. The third-order valence-corrected chi connectivity index (χ3v) is 2.98. The largest absolute Gasteiger partial charge is 0.384 e. The molecule has 0 saturated heterocycles. The molecule has 17 heavy (non-hydrogen) atoms. The van der Waals surface area contributed by atoms with Crippen LogP contribution in [0.5, 0.6) is 0 Å². The van der Waals surface area contributed by atoms with Gasteiger partial charge in [0.1, 0.15) is 5.82 Å². The van der Waals surface area contributed by atoms with Gasteiger partial charge >= 0.3 is 0 Å². The molecule has 0 aliphatic carbocycles. The Hall–Kier alpha value is -1.83. The van der Waals surface area contributed by atoms with Crippen molar-refractivity contribution in [3.8, 4) is 0 Å². The molecule has 0 amide bonds. The molecule has 1 aromatic carbocycles. The molecule has 2 heteroatoms. The van der Waals surface area contributed by atoms with E-state index < -0.39 is 0 Å². The number of aromatic nitrogens is 1. The molecule has 0 saturated carbocycles. The van der Waals surface area contributed by atoms with Gasteiger partial charge in [0.15, 0.2) is 0 Å². The van der Waals surface area contributed by atoms with Crippen molar-refractivity contribution in [3.63, 3.8) is 0 Å². The zero-order valence-corrected chi connectivity index (χ0v) is 10.2. The Labute approximate surface area is 103 Å². The summed E-state index contributed by atoms with van der Waals surface area (Å²) in [6, 6.07) is 12.8. The van der Waals surface area contributed by atoms with Crippen LogP contribution in [0.3, 0.4) is 0 Å². The van der Waals surface area contributed by atoms with Gasteiger partial charge in [-0.2, -0.15) is 0 Å². The van der Waals surface area contributed by atoms with Crippen LogP contribution in [0.25, 0.3) is 0 Å². The SMILES string of the molecule is CCc1ccc(CCc2ccnc(N)c2)cc1. The number of aryl methyl sites for hydroxylation is 3. The molecule has 0 atom stereocenters. The van der Waals surface area contributed by atoms with Crippen molar-refractivity contribution in [2.24, 2.45) is 0 Å². The van der Waals surface area contributed by atoms with Gasteiger partial charge in [-0.25, -0.2) is 4.98 Å². The van der Waals surface area contributed by atoms with E-state index in [0.717, 1.165) is 19.3 Å². The second-order valence-electron chi connectivity index (χ2n) is 4.26. The molecule has 2 aromatic rings. The van der Waals surface area contributed by atoms with E-state index in [1.807, 2.05) is 12.1 Å². The quantitative estimate of drug-likeness (QED) is 0.870. The van der Waals surface area contributed by atoms with Crippen LogP contribution in [0.1, 0.15) is 23.6 Å². The highest BCUT2D eigenvalue weighted by Crippen LogP contribution is 2.10. The Bertz CT molecular complexity index is 475. The summed E-state index contributed by atoms with van der Waals surface area (Å²) in [6.07, 6.45) is 4.93. The normalized spacial score (nSPS) is 10.4. The zero-order chi connectivity index (χ0) is 12.1. The van der Waals surface area contributed by atoms with E-state index in [2.05, 4.69) is 36.2 Å². The molecule has 2 N–H and O–H groups in total. The summed E-state index contributed by atoms with van der Waals surface area (Å²) >= 11 is 0.